The molecule has 3 heterocycles. The van der Waals surface area contributed by atoms with E-state index in [1.54, 1.807) is 0 Å². The van der Waals surface area contributed by atoms with E-state index in [1.807, 2.05) is 16.7 Å². The molecule has 2 N–H and O–H groups in total. The van der Waals surface area contributed by atoms with Crippen molar-refractivity contribution in [1.29, 1.82) is 0 Å². The van der Waals surface area contributed by atoms with Gasteiger partial charge in [-0.25, -0.2) is 0 Å². The van der Waals surface area contributed by atoms with Crippen molar-refractivity contribution < 1.29 is 4.79 Å². The zero-order valence-corrected chi connectivity index (χ0v) is 15.0. The Kier molecular flexibility index (Phi) is 2.99. The first-order valence-electron chi connectivity index (χ1n) is 9.81. The van der Waals surface area contributed by atoms with Crippen LogP contribution in [0.3, 0.4) is 0 Å². The molecule has 0 unspecified atom stereocenters. The van der Waals surface area contributed by atoms with Gasteiger partial charge in [0.25, 0.3) is 0 Å². The Morgan fingerprint density at radius 1 is 1.15 bits per heavy atom. The van der Waals surface area contributed by atoms with Gasteiger partial charge in [0.15, 0.2) is 5.65 Å². The number of nitrogens with one attached hydrogen (secondary N) is 2. The van der Waals surface area contributed by atoms with E-state index >= 15 is 0 Å². The number of anilines is 2. The summed E-state index contributed by atoms with van der Waals surface area (Å²) in [6.45, 7) is 0. The van der Waals surface area contributed by atoms with E-state index < -0.39 is 0 Å². The topological polar surface area (TPSA) is 71.3 Å². The Labute approximate surface area is 157 Å². The lowest BCUT2D eigenvalue weighted by atomic mass is 9.80. The summed E-state index contributed by atoms with van der Waals surface area (Å²) in [6, 6.07) is 11.0. The maximum atomic E-state index is 12.7. The number of hydrogen-bond donors (Lipinski definition) is 2. The highest BCUT2D eigenvalue weighted by atomic mass is 16.2. The van der Waals surface area contributed by atoms with Gasteiger partial charge in [0.05, 0.1) is 5.41 Å². The highest BCUT2D eigenvalue weighted by Crippen LogP contribution is 2.49. The summed E-state index contributed by atoms with van der Waals surface area (Å²) in [6.07, 6.45) is 8.56. The number of rotatable bonds is 3. The molecule has 2 aliphatic carbocycles. The van der Waals surface area contributed by atoms with Crippen LogP contribution in [-0.2, 0) is 10.2 Å². The minimum absolute atomic E-state index is 0.170. The monoisotopic (exact) mass is 359 g/mol. The van der Waals surface area contributed by atoms with Crippen molar-refractivity contribution in [3.63, 3.8) is 0 Å². The Balaban J connectivity index is 1.44. The van der Waals surface area contributed by atoms with Crippen LogP contribution in [0.2, 0.25) is 0 Å². The molecule has 2 fully saturated rings. The van der Waals surface area contributed by atoms with Crippen LogP contribution in [0.1, 0.15) is 44.1 Å². The number of fused-ring (bicyclic) bond motifs is 3. The lowest BCUT2D eigenvalue weighted by Crippen LogP contribution is -2.30. The summed E-state index contributed by atoms with van der Waals surface area (Å²) in [5.41, 5.74) is 4.74. The Hall–Kier alpha value is -2.89. The van der Waals surface area contributed by atoms with Crippen LogP contribution in [0, 0.1) is 0 Å². The standard InChI is InChI=1S/C21H21N5O/c27-19-21(9-1-2-10-21)16-8-5-13(12-17(16)23-19)15-4-3-11-26-18(15)24-25-20(26)22-14-6-7-14/h3-5,8,11-12,14H,1-2,6-7,9-10H2,(H,22,25)(H,23,27). The SMILES string of the molecule is O=C1Nc2cc(-c3cccn4c(NC5CC5)nnc34)ccc2C12CCCC2. The van der Waals surface area contributed by atoms with Gasteiger partial charge in [-0.2, -0.15) is 0 Å². The van der Waals surface area contributed by atoms with E-state index in [2.05, 4.69) is 45.1 Å². The molecule has 0 radical (unpaired) electrons. The third-order valence-electron chi connectivity index (χ3n) is 6.33. The molecule has 3 aliphatic rings. The molecule has 6 heteroatoms. The molecule has 3 aromatic rings. The predicted octanol–water partition coefficient (Wildman–Crippen LogP) is 3.73. The van der Waals surface area contributed by atoms with E-state index in [9.17, 15) is 4.79 Å². The van der Waals surface area contributed by atoms with Gasteiger partial charge < -0.3 is 10.6 Å². The van der Waals surface area contributed by atoms with Crippen LogP contribution < -0.4 is 10.6 Å². The second-order valence-electron chi connectivity index (χ2n) is 8.06. The molecule has 0 bridgehead atoms. The number of pyridine rings is 1. The normalized spacial score (nSPS) is 20.2. The summed E-state index contributed by atoms with van der Waals surface area (Å²) in [5, 5.41) is 15.3. The molecule has 0 saturated heterocycles. The molecule has 0 atom stereocenters. The number of hydrogen-bond acceptors (Lipinski definition) is 4. The van der Waals surface area contributed by atoms with Crippen LogP contribution in [0.15, 0.2) is 36.5 Å². The third-order valence-corrected chi connectivity index (χ3v) is 6.33. The number of aromatic nitrogens is 3. The summed E-state index contributed by atoms with van der Waals surface area (Å²) in [4.78, 5) is 12.7. The minimum Gasteiger partial charge on any atom is -0.351 e. The van der Waals surface area contributed by atoms with Gasteiger partial charge in [-0.15, -0.1) is 10.2 Å². The lowest BCUT2D eigenvalue weighted by Gasteiger charge is -2.20. The highest BCUT2D eigenvalue weighted by Gasteiger charge is 2.48. The van der Waals surface area contributed by atoms with Gasteiger partial charge in [0.1, 0.15) is 0 Å². The fourth-order valence-corrected chi connectivity index (χ4v) is 4.72. The summed E-state index contributed by atoms with van der Waals surface area (Å²) < 4.78 is 2.01. The van der Waals surface area contributed by atoms with E-state index in [0.717, 1.165) is 54.1 Å². The number of nitrogens with zero attached hydrogens (tertiary/aromatic N) is 3. The van der Waals surface area contributed by atoms with Crippen LogP contribution in [0.5, 0.6) is 0 Å². The Bertz CT molecular complexity index is 1080. The molecular formula is C21H21N5O. The van der Waals surface area contributed by atoms with E-state index in [1.165, 1.54) is 18.4 Å². The molecule has 2 aromatic heterocycles. The molecule has 1 amide bonds. The molecule has 6 nitrogen and oxygen atoms in total. The number of carbonyl (C=O) groups excluding carboxylic acids is 1. The van der Waals surface area contributed by atoms with Gasteiger partial charge in [-0.3, -0.25) is 9.20 Å². The summed E-state index contributed by atoms with van der Waals surface area (Å²) >= 11 is 0. The average Bonchev–Trinajstić information content (AvgIpc) is 3.11. The molecule has 1 spiro atoms. The van der Waals surface area contributed by atoms with Gasteiger partial charge in [0.2, 0.25) is 11.9 Å². The van der Waals surface area contributed by atoms with Crippen molar-refractivity contribution in [3.8, 4) is 11.1 Å². The maximum Gasteiger partial charge on any atom is 0.235 e. The number of carbonyl (C=O) groups is 1. The smallest absolute Gasteiger partial charge is 0.235 e. The zero-order valence-electron chi connectivity index (χ0n) is 15.0. The summed E-state index contributed by atoms with van der Waals surface area (Å²) in [7, 11) is 0. The molecule has 6 rings (SSSR count). The van der Waals surface area contributed by atoms with Crippen molar-refractivity contribution in [2.24, 2.45) is 0 Å². The lowest BCUT2D eigenvalue weighted by molar-refractivity contribution is -0.120. The maximum absolute atomic E-state index is 12.7. The highest BCUT2D eigenvalue weighted by molar-refractivity contribution is 6.07. The molecule has 1 aromatic carbocycles. The van der Waals surface area contributed by atoms with Gasteiger partial charge >= 0.3 is 0 Å². The molecular weight excluding hydrogens is 338 g/mol. The van der Waals surface area contributed by atoms with Crippen LogP contribution in [0.25, 0.3) is 16.8 Å². The van der Waals surface area contributed by atoms with Crippen molar-refractivity contribution in [2.45, 2.75) is 50.0 Å². The molecule has 27 heavy (non-hydrogen) atoms. The minimum atomic E-state index is -0.296. The second-order valence-corrected chi connectivity index (χ2v) is 8.06. The van der Waals surface area contributed by atoms with Gasteiger partial charge in [-0.05, 0) is 55.0 Å². The first kappa shape index (κ1) is 15.2. The predicted molar refractivity (Wildman–Crippen MR) is 104 cm³/mol. The van der Waals surface area contributed by atoms with Crippen LogP contribution in [-0.4, -0.2) is 26.5 Å². The van der Waals surface area contributed by atoms with Crippen molar-refractivity contribution >= 4 is 23.2 Å². The van der Waals surface area contributed by atoms with Gasteiger partial charge in [-0.1, -0.05) is 25.0 Å². The molecule has 1 aliphatic heterocycles. The first-order valence-corrected chi connectivity index (χ1v) is 9.81. The zero-order chi connectivity index (χ0) is 18.0. The van der Waals surface area contributed by atoms with E-state index in [-0.39, 0.29) is 11.3 Å². The van der Waals surface area contributed by atoms with Gasteiger partial charge in [0, 0.05) is 23.5 Å². The van der Waals surface area contributed by atoms with Crippen molar-refractivity contribution in [3.05, 3.63) is 42.1 Å². The Morgan fingerprint density at radius 2 is 2.00 bits per heavy atom. The largest absolute Gasteiger partial charge is 0.351 e. The summed E-state index contributed by atoms with van der Waals surface area (Å²) in [5.74, 6) is 0.970. The van der Waals surface area contributed by atoms with E-state index in [4.69, 9.17) is 0 Å². The number of amides is 1. The average molecular weight is 359 g/mol. The van der Waals surface area contributed by atoms with Crippen LogP contribution >= 0.6 is 0 Å². The van der Waals surface area contributed by atoms with Crippen LogP contribution in [0.4, 0.5) is 11.6 Å². The quantitative estimate of drug-likeness (QED) is 0.747. The molecule has 2 saturated carbocycles. The molecule has 136 valence electrons. The Morgan fingerprint density at radius 3 is 2.81 bits per heavy atom. The second kappa shape index (κ2) is 5.31. The first-order chi connectivity index (χ1) is 13.2. The fourth-order valence-electron chi connectivity index (χ4n) is 4.72. The number of benzene rings is 1. The van der Waals surface area contributed by atoms with Crippen molar-refractivity contribution in [1.82, 2.24) is 14.6 Å². The van der Waals surface area contributed by atoms with Crippen molar-refractivity contribution in [2.75, 3.05) is 10.6 Å². The third kappa shape index (κ3) is 2.16. The fraction of sp³-hybridized carbons (Fsp3) is 0.381. The van der Waals surface area contributed by atoms with E-state index in [0.29, 0.717) is 6.04 Å².